The number of carboxylic acids is 1. The fourth-order valence-corrected chi connectivity index (χ4v) is 3.20. The molecule has 2 nitrogen and oxygen atoms in total. The van der Waals surface area contributed by atoms with E-state index in [4.69, 9.17) is 0 Å². The molecule has 1 saturated carbocycles. The molecule has 3 unspecified atom stereocenters. The first-order chi connectivity index (χ1) is 8.49. The van der Waals surface area contributed by atoms with E-state index in [9.17, 15) is 14.3 Å². The van der Waals surface area contributed by atoms with E-state index in [0.29, 0.717) is 17.9 Å². The summed E-state index contributed by atoms with van der Waals surface area (Å²) in [7, 11) is 0. The maximum absolute atomic E-state index is 13.9. The smallest absolute Gasteiger partial charge is 0.307 e. The molecule has 1 N–H and O–H groups in total. The van der Waals surface area contributed by atoms with Crippen molar-refractivity contribution in [3.63, 3.8) is 0 Å². The lowest BCUT2D eigenvalue weighted by Gasteiger charge is -2.33. The Balaban J connectivity index is 2.37. The molecule has 0 radical (unpaired) electrons. The summed E-state index contributed by atoms with van der Waals surface area (Å²) in [6.07, 6.45) is 2.28. The number of carbonyl (C=O) groups is 1. The van der Waals surface area contributed by atoms with Crippen LogP contribution in [0.2, 0.25) is 0 Å². The molecule has 1 aliphatic rings. The molecule has 0 heterocycles. The highest BCUT2D eigenvalue weighted by Crippen LogP contribution is 2.42. The number of hydrogen-bond donors (Lipinski definition) is 1. The summed E-state index contributed by atoms with van der Waals surface area (Å²) in [6.45, 7) is 2.10. The van der Waals surface area contributed by atoms with E-state index in [0.717, 1.165) is 17.3 Å². The second-order valence-electron chi connectivity index (χ2n) is 5.14. The summed E-state index contributed by atoms with van der Waals surface area (Å²) in [5.41, 5.74) is 0.531. The van der Waals surface area contributed by atoms with E-state index >= 15 is 0 Å². The van der Waals surface area contributed by atoms with Gasteiger partial charge < -0.3 is 5.11 Å². The van der Waals surface area contributed by atoms with Crippen LogP contribution in [0.15, 0.2) is 22.7 Å². The second-order valence-corrected chi connectivity index (χ2v) is 6.05. The molecule has 0 saturated heterocycles. The van der Waals surface area contributed by atoms with Crippen LogP contribution in [-0.2, 0) is 4.79 Å². The molecule has 18 heavy (non-hydrogen) atoms. The van der Waals surface area contributed by atoms with Crippen molar-refractivity contribution in [2.75, 3.05) is 0 Å². The molecule has 3 atom stereocenters. The van der Waals surface area contributed by atoms with E-state index in [1.54, 1.807) is 12.1 Å². The van der Waals surface area contributed by atoms with E-state index < -0.39 is 11.9 Å². The van der Waals surface area contributed by atoms with Gasteiger partial charge in [-0.2, -0.15) is 0 Å². The number of carboxylic acid groups (broad SMARTS) is 1. The highest BCUT2D eigenvalue weighted by Gasteiger charge is 2.35. The minimum absolute atomic E-state index is 0.219. The van der Waals surface area contributed by atoms with Crippen LogP contribution in [0.5, 0.6) is 0 Å². The predicted molar refractivity (Wildman–Crippen MR) is 71.0 cm³/mol. The van der Waals surface area contributed by atoms with Gasteiger partial charge in [0.25, 0.3) is 0 Å². The first-order valence-corrected chi connectivity index (χ1v) is 6.96. The van der Waals surface area contributed by atoms with Crippen LogP contribution >= 0.6 is 15.9 Å². The SMILES string of the molecule is CC1CCC(C(=O)O)C(c2cc(Br)ccc2F)C1. The average Bonchev–Trinajstić information content (AvgIpc) is 2.31. The van der Waals surface area contributed by atoms with Crippen molar-refractivity contribution in [1.29, 1.82) is 0 Å². The van der Waals surface area contributed by atoms with Crippen LogP contribution in [0.4, 0.5) is 4.39 Å². The monoisotopic (exact) mass is 314 g/mol. The van der Waals surface area contributed by atoms with E-state index in [1.165, 1.54) is 6.07 Å². The van der Waals surface area contributed by atoms with Gasteiger partial charge in [-0.25, -0.2) is 4.39 Å². The van der Waals surface area contributed by atoms with Crippen LogP contribution in [0, 0.1) is 17.7 Å². The second kappa shape index (κ2) is 5.39. The van der Waals surface area contributed by atoms with E-state index in [-0.39, 0.29) is 11.7 Å². The zero-order chi connectivity index (χ0) is 13.3. The van der Waals surface area contributed by atoms with Gasteiger partial charge in [-0.3, -0.25) is 4.79 Å². The van der Waals surface area contributed by atoms with Crippen LogP contribution in [0.1, 0.15) is 37.7 Å². The Morgan fingerprint density at radius 1 is 1.44 bits per heavy atom. The zero-order valence-electron chi connectivity index (χ0n) is 10.2. The quantitative estimate of drug-likeness (QED) is 0.888. The third-order valence-corrected chi connectivity index (χ3v) is 4.28. The van der Waals surface area contributed by atoms with Gasteiger partial charge in [0.15, 0.2) is 0 Å². The lowest BCUT2D eigenvalue weighted by Crippen LogP contribution is -2.29. The molecule has 1 aromatic rings. The van der Waals surface area contributed by atoms with Gasteiger partial charge in [-0.1, -0.05) is 22.9 Å². The largest absolute Gasteiger partial charge is 0.481 e. The van der Waals surface area contributed by atoms with Gasteiger partial charge in [0.05, 0.1) is 5.92 Å². The minimum Gasteiger partial charge on any atom is -0.481 e. The topological polar surface area (TPSA) is 37.3 Å². The molecular weight excluding hydrogens is 299 g/mol. The Bertz CT molecular complexity index is 461. The highest BCUT2D eigenvalue weighted by atomic mass is 79.9. The summed E-state index contributed by atoms with van der Waals surface area (Å²) in [5.74, 6) is -1.35. The molecule has 0 spiro atoms. The lowest BCUT2D eigenvalue weighted by molar-refractivity contribution is -0.143. The highest BCUT2D eigenvalue weighted by molar-refractivity contribution is 9.10. The molecule has 2 rings (SSSR count). The summed E-state index contributed by atoms with van der Waals surface area (Å²) < 4.78 is 14.7. The summed E-state index contributed by atoms with van der Waals surface area (Å²) in [4.78, 5) is 11.3. The maximum atomic E-state index is 13.9. The van der Waals surface area contributed by atoms with Crippen molar-refractivity contribution in [2.45, 2.75) is 32.1 Å². The van der Waals surface area contributed by atoms with E-state index in [1.807, 2.05) is 0 Å². The number of benzene rings is 1. The van der Waals surface area contributed by atoms with Gasteiger partial charge in [0, 0.05) is 10.4 Å². The van der Waals surface area contributed by atoms with Gasteiger partial charge >= 0.3 is 5.97 Å². The molecule has 1 aliphatic carbocycles. The van der Waals surface area contributed by atoms with Gasteiger partial charge in [-0.15, -0.1) is 0 Å². The van der Waals surface area contributed by atoms with Gasteiger partial charge in [0.1, 0.15) is 5.82 Å². The molecule has 98 valence electrons. The average molecular weight is 315 g/mol. The fraction of sp³-hybridized carbons (Fsp3) is 0.500. The lowest BCUT2D eigenvalue weighted by atomic mass is 9.71. The van der Waals surface area contributed by atoms with Crippen LogP contribution in [0.25, 0.3) is 0 Å². The first-order valence-electron chi connectivity index (χ1n) is 6.16. The predicted octanol–water partition coefficient (Wildman–Crippen LogP) is 4.19. The molecular formula is C14H16BrFO2. The molecule has 0 bridgehead atoms. The third-order valence-electron chi connectivity index (χ3n) is 3.79. The van der Waals surface area contributed by atoms with Crippen LogP contribution in [-0.4, -0.2) is 11.1 Å². The van der Waals surface area contributed by atoms with Crippen molar-refractivity contribution in [3.05, 3.63) is 34.1 Å². The Labute approximate surface area is 114 Å². The van der Waals surface area contributed by atoms with Gasteiger partial charge in [0.2, 0.25) is 0 Å². The van der Waals surface area contributed by atoms with Crippen molar-refractivity contribution < 1.29 is 14.3 Å². The minimum atomic E-state index is -0.814. The molecule has 0 aromatic heterocycles. The molecule has 4 heteroatoms. The fourth-order valence-electron chi connectivity index (χ4n) is 2.82. The third kappa shape index (κ3) is 2.74. The number of aliphatic carboxylic acids is 1. The van der Waals surface area contributed by atoms with Gasteiger partial charge in [-0.05, 0) is 48.9 Å². The number of hydrogen-bond acceptors (Lipinski definition) is 1. The normalized spacial score (nSPS) is 28.1. The van der Waals surface area contributed by atoms with Crippen molar-refractivity contribution >= 4 is 21.9 Å². The molecule has 1 fully saturated rings. The van der Waals surface area contributed by atoms with Crippen molar-refractivity contribution in [2.24, 2.45) is 11.8 Å². The number of rotatable bonds is 2. The molecule has 0 aliphatic heterocycles. The van der Waals surface area contributed by atoms with Crippen LogP contribution < -0.4 is 0 Å². The standard InChI is InChI=1S/C14H16BrFO2/c1-8-2-4-10(14(17)18)11(6-8)12-7-9(15)3-5-13(12)16/h3,5,7-8,10-11H,2,4,6H2,1H3,(H,17,18). The molecule has 1 aromatic carbocycles. The van der Waals surface area contributed by atoms with Crippen molar-refractivity contribution in [1.82, 2.24) is 0 Å². The Kier molecular flexibility index (Phi) is 4.05. The first kappa shape index (κ1) is 13.5. The summed E-state index contributed by atoms with van der Waals surface area (Å²) in [6, 6.07) is 4.76. The Morgan fingerprint density at radius 2 is 2.17 bits per heavy atom. The zero-order valence-corrected chi connectivity index (χ0v) is 11.8. The summed E-state index contributed by atoms with van der Waals surface area (Å²) in [5, 5.41) is 9.28. The maximum Gasteiger partial charge on any atom is 0.307 e. The Hall–Kier alpha value is -0.900. The number of halogens is 2. The van der Waals surface area contributed by atoms with E-state index in [2.05, 4.69) is 22.9 Å². The molecule has 0 amide bonds. The van der Waals surface area contributed by atoms with Crippen molar-refractivity contribution in [3.8, 4) is 0 Å². The Morgan fingerprint density at radius 3 is 2.83 bits per heavy atom. The summed E-state index contributed by atoms with van der Waals surface area (Å²) >= 11 is 3.32. The van der Waals surface area contributed by atoms with Crippen LogP contribution in [0.3, 0.4) is 0 Å².